The Morgan fingerprint density at radius 2 is 1.64 bits per heavy atom. The van der Waals surface area contributed by atoms with Crippen LogP contribution in [0.1, 0.15) is 93.0 Å². The molecule has 8 rings (SSSR count). The van der Waals surface area contributed by atoms with Gasteiger partial charge in [0, 0.05) is 64.4 Å². The monoisotopic (exact) mass is 825 g/mol. The summed E-state index contributed by atoms with van der Waals surface area (Å²) in [6.07, 6.45) is 7.43. The minimum absolute atomic E-state index is 0.0496. The number of anilines is 1. The molecule has 4 N–H and O–H groups in total. The topological polar surface area (TPSA) is 225 Å². The third-order valence-corrected chi connectivity index (χ3v) is 13.5. The van der Waals surface area contributed by atoms with E-state index in [9.17, 15) is 37.2 Å². The second-order valence-corrected chi connectivity index (χ2v) is 18.5. The number of nitrogens with two attached hydrogens (primary N) is 1. The first-order chi connectivity index (χ1) is 28.2. The van der Waals surface area contributed by atoms with Gasteiger partial charge in [0.15, 0.2) is 9.84 Å². The number of hydrogen-bond acceptors (Lipinski definition) is 12. The number of fused-ring (bicyclic) bond motifs is 1. The van der Waals surface area contributed by atoms with Crippen molar-refractivity contribution in [3.8, 4) is 0 Å². The first-order valence-electron chi connectivity index (χ1n) is 20.0. The molecule has 7 amide bonds. The van der Waals surface area contributed by atoms with E-state index in [0.29, 0.717) is 44.2 Å². The van der Waals surface area contributed by atoms with Crippen LogP contribution in [0, 0.1) is 5.41 Å². The van der Waals surface area contributed by atoms with Crippen LogP contribution >= 0.6 is 0 Å². The second-order valence-electron chi connectivity index (χ2n) is 16.5. The standard InChI is InChI=1S/C41H47N9O8S/c1-59(57,58)28-7-4-25(5-8-28)20-31-35(36(42)52)43-21-33(45-31)49-15-2-3-27(23-49)44-40(56)48-17-13-41(14-18-48)12-16-47(24-41)22-26-6-9-29-30(19-26)39(55)50(38(29)54)32-10-11-34(51)46-37(32)53/h4-9,19,21,27,32H,2-3,10-18,20,22-24H2,1H3,(H2,42,52)(H,44,56)(H,46,51,53)/t27-,32?/m1/s1. The zero-order valence-corrected chi connectivity index (χ0v) is 33.6. The van der Waals surface area contributed by atoms with Gasteiger partial charge < -0.3 is 20.9 Å². The van der Waals surface area contributed by atoms with Gasteiger partial charge in [-0.3, -0.25) is 39.1 Å². The Bertz CT molecular complexity index is 2350. The van der Waals surface area contributed by atoms with Gasteiger partial charge in [-0.15, -0.1) is 0 Å². The number of rotatable bonds is 9. The van der Waals surface area contributed by atoms with Crippen molar-refractivity contribution in [1.29, 1.82) is 0 Å². The molecule has 5 aliphatic heterocycles. The van der Waals surface area contributed by atoms with Crippen molar-refractivity contribution < 1.29 is 37.2 Å². The molecule has 2 aromatic carbocycles. The van der Waals surface area contributed by atoms with Crippen LogP contribution in [0.5, 0.6) is 0 Å². The number of carbonyl (C=O) groups is 6. The molecule has 2 atom stereocenters. The molecule has 1 spiro atoms. The molecule has 17 nitrogen and oxygen atoms in total. The normalized spacial score (nSPS) is 22.2. The van der Waals surface area contributed by atoms with Gasteiger partial charge in [0.05, 0.1) is 27.9 Å². The second kappa shape index (κ2) is 15.8. The maximum Gasteiger partial charge on any atom is 0.317 e. The molecule has 1 aromatic heterocycles. The molecule has 0 aliphatic carbocycles. The lowest BCUT2D eigenvalue weighted by atomic mass is 9.78. The number of amides is 7. The highest BCUT2D eigenvalue weighted by Gasteiger charge is 2.45. The van der Waals surface area contributed by atoms with Crippen molar-refractivity contribution in [3.63, 3.8) is 0 Å². The molecular weight excluding hydrogens is 779 g/mol. The lowest BCUT2D eigenvalue weighted by molar-refractivity contribution is -0.136. The fourth-order valence-electron chi connectivity index (χ4n) is 9.14. The SMILES string of the molecule is CS(=O)(=O)c1ccc(Cc2nc(N3CCC[C@@H](NC(=O)N4CCC5(CCN(Cc6ccc7c(c6)C(=O)N(C6CCC(=O)NC6=O)C7=O)C5)CC4)C3)cnc2C(N)=O)cc1. The Kier molecular flexibility index (Phi) is 10.7. The minimum Gasteiger partial charge on any atom is -0.364 e. The van der Waals surface area contributed by atoms with Crippen molar-refractivity contribution in [3.05, 3.63) is 82.3 Å². The number of hydrogen-bond donors (Lipinski definition) is 3. The number of piperidine rings is 3. The van der Waals surface area contributed by atoms with Crippen molar-refractivity contribution in [1.82, 2.24) is 35.3 Å². The molecule has 6 heterocycles. The molecular formula is C41H47N9O8S. The van der Waals surface area contributed by atoms with Crippen LogP contribution in [0.4, 0.5) is 10.6 Å². The molecule has 0 radical (unpaired) electrons. The van der Waals surface area contributed by atoms with E-state index in [-0.39, 0.29) is 58.5 Å². The Balaban J connectivity index is 0.836. The Morgan fingerprint density at radius 1 is 0.932 bits per heavy atom. The lowest BCUT2D eigenvalue weighted by Gasteiger charge is -2.40. The van der Waals surface area contributed by atoms with E-state index in [1.165, 1.54) is 18.3 Å². The van der Waals surface area contributed by atoms with Gasteiger partial charge in [-0.1, -0.05) is 18.2 Å². The van der Waals surface area contributed by atoms with Crippen LogP contribution in [0.15, 0.2) is 53.6 Å². The first-order valence-corrected chi connectivity index (χ1v) is 21.9. The van der Waals surface area contributed by atoms with E-state index in [2.05, 4.69) is 20.5 Å². The predicted octanol–water partition coefficient (Wildman–Crippen LogP) is 1.64. The van der Waals surface area contributed by atoms with Crippen molar-refractivity contribution in [2.45, 2.75) is 74.9 Å². The number of sulfone groups is 1. The number of nitrogens with zero attached hydrogens (tertiary/aromatic N) is 6. The molecule has 5 aliphatic rings. The highest BCUT2D eigenvalue weighted by atomic mass is 32.2. The lowest BCUT2D eigenvalue weighted by Crippen LogP contribution is -2.54. The van der Waals surface area contributed by atoms with E-state index >= 15 is 0 Å². The summed E-state index contributed by atoms with van der Waals surface area (Å²) >= 11 is 0. The van der Waals surface area contributed by atoms with Crippen LogP contribution < -0.4 is 21.3 Å². The van der Waals surface area contributed by atoms with Crippen LogP contribution in [-0.4, -0.2) is 126 Å². The summed E-state index contributed by atoms with van der Waals surface area (Å²) in [6.45, 7) is 4.82. The molecule has 310 valence electrons. The third-order valence-electron chi connectivity index (χ3n) is 12.4. The summed E-state index contributed by atoms with van der Waals surface area (Å²) in [6, 6.07) is 10.4. The van der Waals surface area contributed by atoms with E-state index < -0.39 is 45.4 Å². The molecule has 0 saturated carbocycles. The summed E-state index contributed by atoms with van der Waals surface area (Å²) < 4.78 is 23.8. The Labute approximate surface area is 341 Å². The number of nitrogens with one attached hydrogen (secondary N) is 2. The van der Waals surface area contributed by atoms with Crippen LogP contribution in [-0.2, 0) is 32.4 Å². The fraction of sp³-hybridized carbons (Fsp3) is 0.463. The number of urea groups is 1. The third kappa shape index (κ3) is 8.28. The molecule has 4 fully saturated rings. The maximum atomic E-state index is 13.6. The van der Waals surface area contributed by atoms with Crippen LogP contribution in [0.2, 0.25) is 0 Å². The van der Waals surface area contributed by atoms with Crippen LogP contribution in [0.25, 0.3) is 0 Å². The Morgan fingerprint density at radius 3 is 2.36 bits per heavy atom. The van der Waals surface area contributed by atoms with Gasteiger partial charge >= 0.3 is 6.03 Å². The quantitative estimate of drug-likeness (QED) is 0.262. The smallest absolute Gasteiger partial charge is 0.317 e. The van der Waals surface area contributed by atoms with E-state index in [1.807, 2.05) is 15.9 Å². The molecule has 4 saturated heterocycles. The van der Waals surface area contributed by atoms with E-state index in [1.54, 1.807) is 24.3 Å². The minimum atomic E-state index is -3.36. The van der Waals surface area contributed by atoms with Crippen molar-refractivity contribution in [2.75, 3.05) is 50.4 Å². The first kappa shape index (κ1) is 40.0. The van der Waals surface area contributed by atoms with Gasteiger partial charge in [0.25, 0.3) is 17.7 Å². The average molecular weight is 826 g/mol. The van der Waals surface area contributed by atoms with E-state index in [0.717, 1.165) is 67.5 Å². The molecule has 59 heavy (non-hydrogen) atoms. The summed E-state index contributed by atoms with van der Waals surface area (Å²) in [5.74, 6) is -2.21. The number of benzene rings is 2. The van der Waals surface area contributed by atoms with Gasteiger partial charge in [0.2, 0.25) is 11.8 Å². The summed E-state index contributed by atoms with van der Waals surface area (Å²) in [4.78, 5) is 92.9. The highest BCUT2D eigenvalue weighted by molar-refractivity contribution is 7.90. The fourth-order valence-corrected chi connectivity index (χ4v) is 9.78. The number of carbonyl (C=O) groups excluding carboxylic acids is 6. The summed E-state index contributed by atoms with van der Waals surface area (Å²) in [5, 5.41) is 5.46. The molecule has 3 aromatic rings. The van der Waals surface area contributed by atoms with Crippen LogP contribution in [0.3, 0.4) is 0 Å². The summed E-state index contributed by atoms with van der Waals surface area (Å²) in [7, 11) is -3.36. The number of primary amides is 1. The predicted molar refractivity (Wildman–Crippen MR) is 213 cm³/mol. The highest BCUT2D eigenvalue weighted by Crippen LogP contribution is 2.41. The van der Waals surface area contributed by atoms with Gasteiger partial charge in [-0.05, 0) is 85.9 Å². The maximum absolute atomic E-state index is 13.6. The molecule has 0 bridgehead atoms. The Hall–Kier alpha value is -5.75. The number of imide groups is 2. The summed E-state index contributed by atoms with van der Waals surface area (Å²) in [5.41, 5.74) is 8.34. The number of aromatic nitrogens is 2. The largest absolute Gasteiger partial charge is 0.364 e. The van der Waals surface area contributed by atoms with Gasteiger partial charge in [0.1, 0.15) is 17.6 Å². The number of likely N-dealkylation sites (tertiary alicyclic amines) is 2. The zero-order chi connectivity index (χ0) is 41.6. The van der Waals surface area contributed by atoms with E-state index in [4.69, 9.17) is 10.7 Å². The van der Waals surface area contributed by atoms with Crippen molar-refractivity contribution >= 4 is 51.2 Å². The average Bonchev–Trinajstić information content (AvgIpc) is 3.70. The van der Waals surface area contributed by atoms with Gasteiger partial charge in [-0.2, -0.15) is 0 Å². The van der Waals surface area contributed by atoms with Gasteiger partial charge in [-0.25, -0.2) is 23.2 Å². The molecule has 1 unspecified atom stereocenters. The zero-order valence-electron chi connectivity index (χ0n) is 32.8. The molecule has 18 heteroatoms. The van der Waals surface area contributed by atoms with Crippen molar-refractivity contribution in [2.24, 2.45) is 11.1 Å².